The first-order valence-electron chi connectivity index (χ1n) is 11.1. The minimum atomic E-state index is -4.09. The maximum atomic E-state index is 16.2. The Kier molecular flexibility index (Phi) is 5.32. The molecule has 0 N–H and O–H groups in total. The molecule has 0 aliphatic carbocycles. The lowest BCUT2D eigenvalue weighted by Gasteiger charge is -2.21. The quantitative estimate of drug-likeness (QED) is 0.357. The molecule has 0 bridgehead atoms. The van der Waals surface area contributed by atoms with Crippen LogP contribution in [0.2, 0.25) is 0 Å². The smallest absolute Gasteiger partial charge is 0.497 e. The number of fused-ring (bicyclic) bond motifs is 1. The molecule has 0 spiro atoms. The Bertz CT molecular complexity index is 1320. The largest absolute Gasteiger partial charge is 0.733 e. The van der Waals surface area contributed by atoms with E-state index in [0.717, 1.165) is 10.0 Å². The van der Waals surface area contributed by atoms with Gasteiger partial charge in [0.2, 0.25) is 5.71 Å². The van der Waals surface area contributed by atoms with E-state index in [1.807, 2.05) is 79.7 Å². The number of rotatable bonds is 6. The van der Waals surface area contributed by atoms with Crippen LogP contribution in [0.5, 0.6) is 5.75 Å². The van der Waals surface area contributed by atoms with Crippen molar-refractivity contribution in [3.63, 3.8) is 0 Å². The fraction of sp³-hybridized carbons (Fsp3) is 0.154. The van der Waals surface area contributed by atoms with Crippen molar-refractivity contribution in [2.45, 2.75) is 13.3 Å². The van der Waals surface area contributed by atoms with Crippen molar-refractivity contribution in [3.05, 3.63) is 96.3 Å². The molecule has 33 heavy (non-hydrogen) atoms. The predicted octanol–water partition coefficient (Wildman–Crippen LogP) is 5.72. The summed E-state index contributed by atoms with van der Waals surface area (Å²) in [6, 6.07) is 26.1. The van der Waals surface area contributed by atoms with Crippen molar-refractivity contribution in [3.8, 4) is 28.3 Å². The van der Waals surface area contributed by atoms with Crippen molar-refractivity contribution in [1.29, 1.82) is 0 Å². The van der Waals surface area contributed by atoms with Crippen LogP contribution in [0.15, 0.2) is 84.9 Å². The molecule has 166 valence electrons. The number of imidazole rings is 1. The number of nitrogens with zero attached hydrogens (tertiary/aromatic N) is 3. The van der Waals surface area contributed by atoms with Crippen LogP contribution < -0.4 is 4.74 Å². The third kappa shape index (κ3) is 3.44. The lowest BCUT2D eigenvalue weighted by Crippen LogP contribution is -2.45. The molecule has 2 heterocycles. The zero-order chi connectivity index (χ0) is 23.0. The summed E-state index contributed by atoms with van der Waals surface area (Å²) >= 11 is 0. The van der Waals surface area contributed by atoms with E-state index in [0.29, 0.717) is 40.4 Å². The number of halogens is 2. The molecule has 1 aliphatic heterocycles. The molecule has 0 atom stereocenters. The second-order valence-corrected chi connectivity index (χ2v) is 8.09. The molecule has 1 aliphatic rings. The lowest BCUT2D eigenvalue weighted by molar-refractivity contribution is -0.420. The van der Waals surface area contributed by atoms with Gasteiger partial charge >= 0.3 is 6.97 Å². The van der Waals surface area contributed by atoms with E-state index in [-0.39, 0.29) is 12.4 Å². The van der Waals surface area contributed by atoms with E-state index < -0.39 is 6.97 Å². The average molecular weight is 443 g/mol. The normalized spacial score (nSPS) is 14.4. The number of aromatic nitrogens is 2. The van der Waals surface area contributed by atoms with E-state index in [1.165, 1.54) is 4.49 Å². The van der Waals surface area contributed by atoms with Gasteiger partial charge in [-0.05, 0) is 36.2 Å². The molecule has 0 fully saturated rings. The molecule has 1 aromatic heterocycles. The highest BCUT2D eigenvalue weighted by Gasteiger charge is 2.55. The highest BCUT2D eigenvalue weighted by molar-refractivity contribution is 6.60. The molecule has 4 aromatic rings. The number of ether oxygens (including phenoxy) is 1. The highest BCUT2D eigenvalue weighted by atomic mass is 19.2. The van der Waals surface area contributed by atoms with Crippen LogP contribution in [0.1, 0.15) is 24.7 Å². The van der Waals surface area contributed by atoms with Crippen molar-refractivity contribution < 1.29 is 17.9 Å². The Morgan fingerprint density at radius 2 is 1.45 bits per heavy atom. The predicted molar refractivity (Wildman–Crippen MR) is 128 cm³/mol. The van der Waals surface area contributed by atoms with Gasteiger partial charge in [-0.15, -0.1) is 0 Å². The van der Waals surface area contributed by atoms with E-state index in [9.17, 15) is 0 Å². The maximum absolute atomic E-state index is 16.2. The van der Waals surface area contributed by atoms with Gasteiger partial charge in [0.15, 0.2) is 5.82 Å². The van der Waals surface area contributed by atoms with Crippen LogP contribution in [-0.2, 0) is 0 Å². The molecule has 0 saturated carbocycles. The van der Waals surface area contributed by atoms with Crippen molar-refractivity contribution in [2.24, 2.45) is 0 Å². The highest BCUT2D eigenvalue weighted by Crippen LogP contribution is 2.39. The number of hydrogen-bond donors (Lipinski definition) is 0. The van der Waals surface area contributed by atoms with Gasteiger partial charge in [-0.25, -0.2) is 4.98 Å². The van der Waals surface area contributed by atoms with Gasteiger partial charge in [0, 0.05) is 16.8 Å². The van der Waals surface area contributed by atoms with Gasteiger partial charge in [-0.3, -0.25) is 0 Å². The van der Waals surface area contributed by atoms with Gasteiger partial charge in [-0.1, -0.05) is 67.6 Å². The van der Waals surface area contributed by atoms with E-state index in [1.54, 1.807) is 19.2 Å². The molecular weight excluding hydrogens is 419 g/mol. The summed E-state index contributed by atoms with van der Waals surface area (Å²) in [6.07, 6.45) is 0.591. The number of methoxy groups -OCH3 is 1. The molecular formula is C26H24BF2N3O. The van der Waals surface area contributed by atoms with Crippen LogP contribution in [0, 0.1) is 0 Å². The van der Waals surface area contributed by atoms with Crippen LogP contribution in [0.4, 0.5) is 8.63 Å². The average Bonchev–Trinajstić information content (AvgIpc) is 3.35. The summed E-state index contributed by atoms with van der Waals surface area (Å²) in [5.41, 5.74) is 3.65. The summed E-state index contributed by atoms with van der Waals surface area (Å²) in [7, 11) is 1.59. The topological polar surface area (TPSA) is 30.1 Å². The molecule has 5 rings (SSSR count). The zero-order valence-electron chi connectivity index (χ0n) is 18.6. The third-order valence-electron chi connectivity index (χ3n) is 6.02. The van der Waals surface area contributed by atoms with Gasteiger partial charge in [-0.2, -0.15) is 0 Å². The van der Waals surface area contributed by atoms with Crippen molar-refractivity contribution >= 4 is 12.7 Å². The Hall–Kier alpha value is -3.74. The van der Waals surface area contributed by atoms with E-state index in [2.05, 4.69) is 0 Å². The maximum Gasteiger partial charge on any atom is 0.733 e. The molecule has 3 aromatic carbocycles. The van der Waals surface area contributed by atoms with Gasteiger partial charge < -0.3 is 22.3 Å². The Labute approximate surface area is 191 Å². The molecule has 0 amide bonds. The number of benzene rings is 3. The Morgan fingerprint density at radius 1 is 0.848 bits per heavy atom. The summed E-state index contributed by atoms with van der Waals surface area (Å²) in [5, 5.41) is 0. The molecule has 0 radical (unpaired) electrons. The first kappa shape index (κ1) is 21.1. The monoisotopic (exact) mass is 443 g/mol. The summed E-state index contributed by atoms with van der Waals surface area (Å²) in [6.45, 7) is -1.96. The summed E-state index contributed by atoms with van der Waals surface area (Å²) in [4.78, 5) is 4.85. The van der Waals surface area contributed by atoms with Gasteiger partial charge in [0.1, 0.15) is 5.75 Å². The third-order valence-corrected chi connectivity index (χ3v) is 6.02. The summed E-state index contributed by atoms with van der Waals surface area (Å²) < 4.78 is 40.1. The SMILES string of the molecule is CCC[N+]1=C(c2ccc(OC)cc2)c2nc(-c3ccccc3)c(-c3ccccc3)n2[B-]1(F)F. The minimum absolute atomic E-state index is 0.229. The lowest BCUT2D eigenvalue weighted by atomic mass is 9.93. The fourth-order valence-corrected chi connectivity index (χ4v) is 4.55. The first-order chi connectivity index (χ1) is 16.1. The Morgan fingerprint density at radius 3 is 2.03 bits per heavy atom. The van der Waals surface area contributed by atoms with Crippen LogP contribution in [0.25, 0.3) is 22.5 Å². The van der Waals surface area contributed by atoms with Crippen LogP contribution >= 0.6 is 0 Å². The van der Waals surface area contributed by atoms with E-state index >= 15 is 8.63 Å². The second kappa shape index (κ2) is 8.32. The molecule has 4 nitrogen and oxygen atoms in total. The fourth-order valence-electron chi connectivity index (χ4n) is 4.55. The zero-order valence-corrected chi connectivity index (χ0v) is 18.6. The first-order valence-corrected chi connectivity index (χ1v) is 11.1. The second-order valence-electron chi connectivity index (χ2n) is 8.09. The standard InChI is InChI=1S/C26H24BF2N3O/c1-3-18-31-25(21-14-16-22(33-2)17-15-21)26-30-23(19-10-6-4-7-11-19)24(32(26)27(31,28)29)20-12-8-5-9-13-20/h4-17H,3,18H2,1-2H3. The summed E-state index contributed by atoms with van der Waals surface area (Å²) in [5.74, 6) is 0.964. The van der Waals surface area contributed by atoms with Crippen molar-refractivity contribution in [1.82, 2.24) is 9.46 Å². The van der Waals surface area contributed by atoms with Gasteiger partial charge in [0.25, 0.3) is 0 Å². The molecule has 7 heteroatoms. The Balaban J connectivity index is 1.82. The molecule has 0 unspecified atom stereocenters. The van der Waals surface area contributed by atoms with Crippen LogP contribution in [-0.4, -0.2) is 40.3 Å². The van der Waals surface area contributed by atoms with Crippen molar-refractivity contribution in [2.75, 3.05) is 13.7 Å². The van der Waals surface area contributed by atoms with Gasteiger partial charge in [0.05, 0.1) is 19.3 Å². The van der Waals surface area contributed by atoms with Crippen LogP contribution in [0.3, 0.4) is 0 Å². The minimum Gasteiger partial charge on any atom is -0.497 e. The van der Waals surface area contributed by atoms with E-state index in [4.69, 9.17) is 9.72 Å². The number of hydrogen-bond acceptors (Lipinski definition) is 2. The molecule has 0 saturated heterocycles.